The van der Waals surface area contributed by atoms with Crippen molar-refractivity contribution in [2.24, 2.45) is 5.41 Å². The summed E-state index contributed by atoms with van der Waals surface area (Å²) in [4.78, 5) is 27.3. The zero-order valence-electron chi connectivity index (χ0n) is 14.0. The van der Waals surface area contributed by atoms with Crippen LogP contribution in [0.3, 0.4) is 0 Å². The molecule has 0 saturated carbocycles. The number of hydrogen-bond acceptors (Lipinski definition) is 6. The van der Waals surface area contributed by atoms with E-state index in [1.807, 2.05) is 21.9 Å². The van der Waals surface area contributed by atoms with E-state index in [9.17, 15) is 20.2 Å². The molecule has 4 heterocycles. The first-order valence-electron chi connectivity index (χ1n) is 8.17. The van der Waals surface area contributed by atoms with Gasteiger partial charge in [-0.05, 0) is 31.5 Å². The van der Waals surface area contributed by atoms with Gasteiger partial charge in [0.2, 0.25) is 0 Å². The van der Waals surface area contributed by atoms with Crippen molar-refractivity contribution in [3.8, 4) is 0 Å². The lowest BCUT2D eigenvalue weighted by Gasteiger charge is -2.66. The Balaban J connectivity index is 1.83. The van der Waals surface area contributed by atoms with Gasteiger partial charge < -0.3 is 0 Å². The number of benzene rings is 1. The van der Waals surface area contributed by atoms with Crippen molar-refractivity contribution < 1.29 is 9.85 Å². The summed E-state index contributed by atoms with van der Waals surface area (Å²) < 4.78 is 0. The molecule has 1 aromatic carbocycles. The molecule has 0 radical (unpaired) electrons. The Labute approximate surface area is 149 Å². The molecule has 4 bridgehead atoms. The van der Waals surface area contributed by atoms with Crippen LogP contribution in [0.4, 0.5) is 0 Å². The molecule has 4 saturated heterocycles. The first kappa shape index (κ1) is 16.7. The lowest BCUT2D eigenvalue weighted by Crippen LogP contribution is -2.88. The highest BCUT2D eigenvalue weighted by Gasteiger charge is 2.81. The van der Waals surface area contributed by atoms with Gasteiger partial charge in [-0.1, -0.05) is 23.7 Å². The van der Waals surface area contributed by atoms with E-state index in [1.165, 1.54) is 0 Å². The van der Waals surface area contributed by atoms with Gasteiger partial charge in [0, 0.05) is 14.9 Å². The molecule has 134 valence electrons. The van der Waals surface area contributed by atoms with Gasteiger partial charge in [-0.25, -0.2) is 0 Å². The fraction of sp³-hybridized carbons (Fsp3) is 0.625. The highest BCUT2D eigenvalue weighted by atomic mass is 35.5. The van der Waals surface area contributed by atoms with Gasteiger partial charge in [-0.2, -0.15) is 0 Å². The van der Waals surface area contributed by atoms with Gasteiger partial charge in [-0.3, -0.25) is 30.0 Å². The number of nitrogens with zero attached hydrogens (tertiary/aromatic N) is 4. The van der Waals surface area contributed by atoms with Crippen LogP contribution in [0.5, 0.6) is 0 Å². The molecule has 0 aromatic heterocycles. The average Bonchev–Trinajstić information content (AvgIpc) is 2.52. The molecule has 0 amide bonds. The van der Waals surface area contributed by atoms with Crippen molar-refractivity contribution in [3.63, 3.8) is 0 Å². The maximum absolute atomic E-state index is 12.0. The topological polar surface area (TPSA) is 92.8 Å². The molecule has 25 heavy (non-hydrogen) atoms. The van der Waals surface area contributed by atoms with E-state index in [0.717, 1.165) is 5.56 Å². The molecule has 4 aliphatic heterocycles. The summed E-state index contributed by atoms with van der Waals surface area (Å²) in [6, 6.07) is 7.33. The minimum Gasteiger partial charge on any atom is -0.270 e. The first-order valence-corrected chi connectivity index (χ1v) is 8.55. The fourth-order valence-electron chi connectivity index (χ4n) is 5.10. The quantitative estimate of drug-likeness (QED) is 0.600. The largest absolute Gasteiger partial charge is 0.270 e. The minimum absolute atomic E-state index is 0.186. The predicted molar refractivity (Wildman–Crippen MR) is 90.6 cm³/mol. The zero-order chi connectivity index (χ0) is 18.2. The highest BCUT2D eigenvalue weighted by molar-refractivity contribution is 6.30. The number of rotatable bonds is 3. The second kappa shape index (κ2) is 4.90. The van der Waals surface area contributed by atoms with Crippen LogP contribution in [0.2, 0.25) is 5.02 Å². The molecular weight excluding hydrogens is 348 g/mol. The van der Waals surface area contributed by atoms with E-state index in [2.05, 4.69) is 0 Å². The second-order valence-electron chi connectivity index (χ2n) is 7.94. The van der Waals surface area contributed by atoms with Crippen LogP contribution in [-0.2, 0) is 0 Å². The third-order valence-corrected chi connectivity index (χ3v) is 7.00. The molecule has 0 unspecified atom stereocenters. The highest BCUT2D eigenvalue weighted by Crippen LogP contribution is 2.58. The molecular formula is C16H19ClN4O4. The standard InChI is InChI=1S/C16H19ClN4O4/c1-14(2)15(20(22)23)7-18-9-16(14,21(24)25)10-19(8-15)13(18)11-3-5-12(17)6-4-11/h3-6,13H,7-10H2,1-2H3. The number of piperidine rings is 2. The summed E-state index contributed by atoms with van der Waals surface area (Å²) in [5.74, 6) is 0. The van der Waals surface area contributed by atoms with Crippen molar-refractivity contribution in [3.05, 3.63) is 55.1 Å². The van der Waals surface area contributed by atoms with E-state index in [4.69, 9.17) is 11.6 Å². The predicted octanol–water partition coefficient (Wildman–Crippen LogP) is 2.04. The first-order chi connectivity index (χ1) is 11.6. The van der Waals surface area contributed by atoms with Crippen LogP contribution >= 0.6 is 11.6 Å². The van der Waals surface area contributed by atoms with E-state index < -0.39 is 16.5 Å². The lowest BCUT2D eigenvalue weighted by molar-refractivity contribution is -0.679. The van der Waals surface area contributed by atoms with Gasteiger partial charge in [0.05, 0.1) is 32.3 Å². The van der Waals surface area contributed by atoms with E-state index in [1.54, 1.807) is 26.0 Å². The molecule has 0 N–H and O–H groups in total. The summed E-state index contributed by atoms with van der Waals surface area (Å²) in [6.45, 7) is 4.24. The Kier molecular flexibility index (Phi) is 3.27. The van der Waals surface area contributed by atoms with Crippen molar-refractivity contribution in [1.29, 1.82) is 0 Å². The van der Waals surface area contributed by atoms with E-state index in [-0.39, 0.29) is 42.2 Å². The molecule has 1 aromatic rings. The van der Waals surface area contributed by atoms with Crippen molar-refractivity contribution in [1.82, 2.24) is 9.80 Å². The average molecular weight is 367 g/mol. The van der Waals surface area contributed by atoms with Crippen LogP contribution in [0.15, 0.2) is 24.3 Å². The molecule has 0 aliphatic carbocycles. The Hall–Kier alpha value is -1.77. The normalized spacial score (nSPS) is 40.8. The van der Waals surface area contributed by atoms with E-state index >= 15 is 0 Å². The Morgan fingerprint density at radius 2 is 1.36 bits per heavy atom. The molecule has 4 fully saturated rings. The summed E-state index contributed by atoms with van der Waals surface area (Å²) in [5.41, 5.74) is -2.78. The van der Waals surface area contributed by atoms with Crippen LogP contribution in [0, 0.1) is 25.6 Å². The summed E-state index contributed by atoms with van der Waals surface area (Å²) in [6.07, 6.45) is -0.186. The van der Waals surface area contributed by atoms with Crippen LogP contribution in [0.25, 0.3) is 0 Å². The third-order valence-electron chi connectivity index (χ3n) is 6.74. The Morgan fingerprint density at radius 3 is 1.72 bits per heavy atom. The van der Waals surface area contributed by atoms with Crippen LogP contribution in [0.1, 0.15) is 25.6 Å². The lowest BCUT2D eigenvalue weighted by atomic mass is 9.53. The molecule has 8 nitrogen and oxygen atoms in total. The molecule has 9 heteroatoms. The van der Waals surface area contributed by atoms with Crippen molar-refractivity contribution in [2.75, 3.05) is 26.2 Å². The maximum Gasteiger partial charge on any atom is 0.259 e. The van der Waals surface area contributed by atoms with Crippen molar-refractivity contribution >= 4 is 11.6 Å². The zero-order valence-corrected chi connectivity index (χ0v) is 14.8. The van der Waals surface area contributed by atoms with Gasteiger partial charge >= 0.3 is 0 Å². The molecule has 0 atom stereocenters. The third kappa shape index (κ3) is 1.84. The summed E-state index contributed by atoms with van der Waals surface area (Å²) >= 11 is 5.96. The van der Waals surface area contributed by atoms with Gasteiger partial charge in [-0.15, -0.1) is 0 Å². The Bertz CT molecular complexity index is 714. The number of nitro groups is 2. The van der Waals surface area contributed by atoms with Gasteiger partial charge in [0.1, 0.15) is 5.41 Å². The fourth-order valence-corrected chi connectivity index (χ4v) is 5.23. The minimum atomic E-state index is -1.35. The number of hydrogen-bond donors (Lipinski definition) is 0. The molecule has 5 rings (SSSR count). The SMILES string of the molecule is CC1(C)C2([N+](=O)[O-])CN3CC1([N+](=O)[O-])CN(C2)C3c1ccc(Cl)cc1. The van der Waals surface area contributed by atoms with Crippen molar-refractivity contribution in [2.45, 2.75) is 31.1 Å². The number of halogens is 1. The monoisotopic (exact) mass is 366 g/mol. The van der Waals surface area contributed by atoms with Crippen LogP contribution < -0.4 is 0 Å². The Morgan fingerprint density at radius 1 is 0.960 bits per heavy atom. The molecule has 4 aliphatic rings. The van der Waals surface area contributed by atoms with E-state index in [0.29, 0.717) is 5.02 Å². The second-order valence-corrected chi connectivity index (χ2v) is 8.37. The van der Waals surface area contributed by atoms with Crippen LogP contribution in [-0.4, -0.2) is 56.9 Å². The summed E-state index contributed by atoms with van der Waals surface area (Å²) in [7, 11) is 0. The summed E-state index contributed by atoms with van der Waals surface area (Å²) in [5, 5.41) is 24.7. The molecule has 0 spiro atoms. The smallest absolute Gasteiger partial charge is 0.259 e. The van der Waals surface area contributed by atoms with Gasteiger partial charge in [0.15, 0.2) is 0 Å². The van der Waals surface area contributed by atoms with Gasteiger partial charge in [0.25, 0.3) is 11.1 Å². The maximum atomic E-state index is 12.0.